The molecule has 0 saturated carbocycles. The fourth-order valence-corrected chi connectivity index (χ4v) is 3.85. The molecular formula is C21H26N4. The number of likely N-dealkylation sites (tertiary alicyclic amines) is 1. The molecule has 4 heteroatoms. The van der Waals surface area contributed by atoms with Crippen LogP contribution in [0.3, 0.4) is 0 Å². The van der Waals surface area contributed by atoms with Crippen LogP contribution < -0.4 is 5.73 Å². The number of fused-ring (bicyclic) bond motifs is 1. The van der Waals surface area contributed by atoms with Crippen molar-refractivity contribution in [2.24, 2.45) is 0 Å². The first-order chi connectivity index (χ1) is 12.2. The molecule has 1 aliphatic rings. The average molecular weight is 334 g/mol. The van der Waals surface area contributed by atoms with Crippen molar-refractivity contribution in [1.29, 1.82) is 0 Å². The van der Waals surface area contributed by atoms with Crippen molar-refractivity contribution < 1.29 is 0 Å². The molecule has 4 rings (SSSR count). The van der Waals surface area contributed by atoms with Crippen LogP contribution in [-0.2, 0) is 6.54 Å². The fraction of sp³-hybridized carbons (Fsp3) is 0.381. The molecule has 1 aromatic carbocycles. The van der Waals surface area contributed by atoms with E-state index < -0.39 is 0 Å². The monoisotopic (exact) mass is 334 g/mol. The lowest BCUT2D eigenvalue weighted by Gasteiger charge is -2.20. The zero-order valence-electron chi connectivity index (χ0n) is 14.9. The minimum atomic E-state index is 0.790. The number of hydrogen-bond donors (Lipinski definition) is 1. The smallest absolute Gasteiger partial charge is 0.137 e. The second-order valence-corrected chi connectivity index (χ2v) is 7.08. The third kappa shape index (κ3) is 3.27. The first-order valence-electron chi connectivity index (χ1n) is 9.27. The largest absolute Gasteiger partial charge is 0.399 e. The van der Waals surface area contributed by atoms with Crippen LogP contribution in [0.15, 0.2) is 42.5 Å². The highest BCUT2D eigenvalue weighted by Crippen LogP contribution is 2.28. The number of nitrogens with zero attached hydrogens (tertiary/aromatic N) is 3. The third-order valence-electron chi connectivity index (χ3n) is 5.19. The molecule has 1 fully saturated rings. The van der Waals surface area contributed by atoms with Gasteiger partial charge in [0.2, 0.25) is 0 Å². The lowest BCUT2D eigenvalue weighted by Crippen LogP contribution is -2.25. The number of aromatic nitrogens is 2. The number of imidazole rings is 1. The van der Waals surface area contributed by atoms with Gasteiger partial charge in [0.05, 0.1) is 11.4 Å². The molecule has 0 atom stereocenters. The normalized spacial score (nSPS) is 16.2. The number of rotatable bonds is 3. The quantitative estimate of drug-likeness (QED) is 0.728. The van der Waals surface area contributed by atoms with Gasteiger partial charge in [0, 0.05) is 23.5 Å². The van der Waals surface area contributed by atoms with Gasteiger partial charge >= 0.3 is 0 Å². The number of nitrogen functional groups attached to an aromatic ring is 1. The Balaban J connectivity index is 1.81. The van der Waals surface area contributed by atoms with E-state index in [-0.39, 0.29) is 0 Å². The number of anilines is 1. The molecule has 0 bridgehead atoms. The van der Waals surface area contributed by atoms with Crippen LogP contribution in [-0.4, -0.2) is 27.4 Å². The van der Waals surface area contributed by atoms with Crippen LogP contribution in [0, 0.1) is 6.92 Å². The van der Waals surface area contributed by atoms with Crippen molar-refractivity contribution in [3.63, 3.8) is 0 Å². The highest BCUT2D eigenvalue weighted by molar-refractivity contribution is 5.68. The minimum absolute atomic E-state index is 0.790. The molecule has 25 heavy (non-hydrogen) atoms. The maximum Gasteiger partial charge on any atom is 0.137 e. The molecule has 1 saturated heterocycles. The van der Waals surface area contributed by atoms with Gasteiger partial charge in [-0.2, -0.15) is 0 Å². The van der Waals surface area contributed by atoms with E-state index in [1.165, 1.54) is 50.2 Å². The van der Waals surface area contributed by atoms with E-state index in [4.69, 9.17) is 10.7 Å². The van der Waals surface area contributed by atoms with Crippen molar-refractivity contribution in [3.05, 3.63) is 53.9 Å². The lowest BCUT2D eigenvalue weighted by atomic mass is 10.1. The van der Waals surface area contributed by atoms with Gasteiger partial charge in [-0.05, 0) is 57.1 Å². The molecule has 2 aromatic heterocycles. The van der Waals surface area contributed by atoms with Crippen LogP contribution in [0.1, 0.15) is 37.1 Å². The summed E-state index contributed by atoms with van der Waals surface area (Å²) in [6.07, 6.45) is 5.31. The molecule has 130 valence electrons. The molecule has 0 spiro atoms. The van der Waals surface area contributed by atoms with Crippen molar-refractivity contribution in [3.8, 4) is 11.3 Å². The summed E-state index contributed by atoms with van der Waals surface area (Å²) in [7, 11) is 0. The van der Waals surface area contributed by atoms with E-state index in [1.54, 1.807) is 0 Å². The van der Waals surface area contributed by atoms with Gasteiger partial charge in [-0.1, -0.05) is 31.0 Å². The second kappa shape index (κ2) is 6.89. The maximum absolute atomic E-state index is 5.87. The van der Waals surface area contributed by atoms with Crippen molar-refractivity contribution in [1.82, 2.24) is 14.3 Å². The predicted octanol–water partition coefficient (Wildman–Crippen LogP) is 4.27. The molecule has 0 amide bonds. The summed E-state index contributed by atoms with van der Waals surface area (Å²) in [5, 5.41) is 0. The van der Waals surface area contributed by atoms with Gasteiger partial charge in [0.1, 0.15) is 5.65 Å². The summed E-state index contributed by atoms with van der Waals surface area (Å²) >= 11 is 0. The predicted molar refractivity (Wildman–Crippen MR) is 104 cm³/mol. The van der Waals surface area contributed by atoms with Gasteiger partial charge < -0.3 is 5.73 Å². The fourth-order valence-electron chi connectivity index (χ4n) is 3.85. The number of aryl methyl sites for hydroxylation is 1. The molecule has 2 N–H and O–H groups in total. The highest BCUT2D eigenvalue weighted by atomic mass is 15.2. The van der Waals surface area contributed by atoms with E-state index in [9.17, 15) is 0 Å². The van der Waals surface area contributed by atoms with Crippen molar-refractivity contribution >= 4 is 11.3 Å². The zero-order chi connectivity index (χ0) is 17.2. The van der Waals surface area contributed by atoms with E-state index >= 15 is 0 Å². The molecule has 0 aliphatic carbocycles. The Morgan fingerprint density at radius 1 is 0.960 bits per heavy atom. The summed E-state index contributed by atoms with van der Waals surface area (Å²) in [5.41, 5.74) is 12.4. The Morgan fingerprint density at radius 3 is 2.40 bits per heavy atom. The van der Waals surface area contributed by atoms with Crippen LogP contribution in [0.4, 0.5) is 5.69 Å². The van der Waals surface area contributed by atoms with Crippen molar-refractivity contribution in [2.75, 3.05) is 18.8 Å². The zero-order valence-corrected chi connectivity index (χ0v) is 14.9. The summed E-state index contributed by atoms with van der Waals surface area (Å²) < 4.78 is 2.32. The summed E-state index contributed by atoms with van der Waals surface area (Å²) in [4.78, 5) is 7.54. The van der Waals surface area contributed by atoms with Crippen LogP contribution >= 0.6 is 0 Å². The highest BCUT2D eigenvalue weighted by Gasteiger charge is 2.19. The topological polar surface area (TPSA) is 46.6 Å². The number of hydrogen-bond acceptors (Lipinski definition) is 3. The summed E-state index contributed by atoms with van der Waals surface area (Å²) in [6.45, 7) is 5.47. The number of nitrogens with two attached hydrogens (primary N) is 1. The van der Waals surface area contributed by atoms with E-state index in [0.717, 1.165) is 29.1 Å². The molecule has 1 aliphatic heterocycles. The minimum Gasteiger partial charge on any atom is -0.399 e. The van der Waals surface area contributed by atoms with Gasteiger partial charge in [-0.3, -0.25) is 9.30 Å². The molecule has 3 heterocycles. The molecule has 0 radical (unpaired) electrons. The van der Waals surface area contributed by atoms with Gasteiger partial charge in [-0.15, -0.1) is 0 Å². The Kier molecular flexibility index (Phi) is 4.45. The van der Waals surface area contributed by atoms with Crippen LogP contribution in [0.5, 0.6) is 0 Å². The van der Waals surface area contributed by atoms with E-state index in [1.807, 2.05) is 12.1 Å². The summed E-state index contributed by atoms with van der Waals surface area (Å²) in [6, 6.07) is 14.4. The number of pyridine rings is 1. The second-order valence-electron chi connectivity index (χ2n) is 7.08. The first-order valence-corrected chi connectivity index (χ1v) is 9.27. The molecular weight excluding hydrogens is 308 g/mol. The SMILES string of the molecule is Cc1cccc2nc(-c3ccc(N)cc3)c(CN3CCCCCC3)n12. The maximum atomic E-state index is 5.87. The van der Waals surface area contributed by atoms with Crippen LogP contribution in [0.2, 0.25) is 0 Å². The van der Waals surface area contributed by atoms with E-state index in [0.29, 0.717) is 0 Å². The van der Waals surface area contributed by atoms with Crippen LogP contribution in [0.25, 0.3) is 16.9 Å². The van der Waals surface area contributed by atoms with E-state index in [2.05, 4.69) is 46.6 Å². The lowest BCUT2D eigenvalue weighted by molar-refractivity contribution is 0.273. The Hall–Kier alpha value is -2.33. The number of benzene rings is 1. The Labute approximate surface area is 149 Å². The van der Waals surface area contributed by atoms with Crippen molar-refractivity contribution in [2.45, 2.75) is 39.2 Å². The third-order valence-corrected chi connectivity index (χ3v) is 5.19. The molecule has 0 unspecified atom stereocenters. The van der Waals surface area contributed by atoms with Gasteiger partial charge in [0.15, 0.2) is 0 Å². The molecule has 3 aromatic rings. The van der Waals surface area contributed by atoms with Gasteiger partial charge in [-0.25, -0.2) is 4.98 Å². The van der Waals surface area contributed by atoms with Gasteiger partial charge in [0.25, 0.3) is 0 Å². The standard InChI is InChI=1S/C21H26N4/c1-16-7-6-8-20-23-21(17-9-11-18(22)12-10-17)19(25(16)20)15-24-13-4-2-3-5-14-24/h6-12H,2-5,13-15,22H2,1H3. The Bertz CT molecular complexity index is 855. The average Bonchev–Trinajstić information content (AvgIpc) is 2.79. The molecule has 4 nitrogen and oxygen atoms in total. The Morgan fingerprint density at radius 2 is 1.68 bits per heavy atom. The summed E-state index contributed by atoms with van der Waals surface area (Å²) in [5.74, 6) is 0. The first kappa shape index (κ1) is 16.2.